The first-order valence-corrected chi connectivity index (χ1v) is 8.22. The summed E-state index contributed by atoms with van der Waals surface area (Å²) in [6.07, 6.45) is -0.0941. The van der Waals surface area contributed by atoms with Crippen LogP contribution < -0.4 is 10.1 Å². The summed E-state index contributed by atoms with van der Waals surface area (Å²) >= 11 is 0. The maximum Gasteiger partial charge on any atom is 0.287 e. The number of benzene rings is 2. The van der Waals surface area contributed by atoms with E-state index in [2.05, 4.69) is 5.32 Å². The summed E-state index contributed by atoms with van der Waals surface area (Å²) in [6.45, 7) is 1.85. The number of aliphatic hydroxyl groups is 1. The van der Waals surface area contributed by atoms with Gasteiger partial charge in [-0.25, -0.2) is 0 Å². The van der Waals surface area contributed by atoms with Crippen LogP contribution in [0.4, 0.5) is 0 Å². The van der Waals surface area contributed by atoms with Crippen molar-refractivity contribution in [2.75, 3.05) is 7.11 Å². The number of aryl methyl sites for hydroxylation is 1. The molecule has 5 nitrogen and oxygen atoms in total. The van der Waals surface area contributed by atoms with Crippen LogP contribution in [0.5, 0.6) is 5.75 Å². The number of rotatable bonds is 3. The molecule has 3 aromatic rings. The lowest BCUT2D eigenvalue weighted by Gasteiger charge is -2.17. The number of amides is 1. The fourth-order valence-electron chi connectivity index (χ4n) is 3.50. The molecule has 2 aromatic carbocycles. The average Bonchev–Trinajstić information content (AvgIpc) is 3.12. The van der Waals surface area contributed by atoms with E-state index in [1.165, 1.54) is 0 Å². The van der Waals surface area contributed by atoms with Gasteiger partial charge in [-0.3, -0.25) is 4.79 Å². The zero-order valence-corrected chi connectivity index (χ0v) is 14.1. The number of nitrogens with one attached hydrogen (secondary N) is 1. The van der Waals surface area contributed by atoms with Crippen molar-refractivity contribution in [3.8, 4) is 5.75 Å². The van der Waals surface area contributed by atoms with Gasteiger partial charge in [0.2, 0.25) is 0 Å². The zero-order chi connectivity index (χ0) is 17.6. The minimum atomic E-state index is -0.633. The third-order valence-corrected chi connectivity index (χ3v) is 4.84. The first-order chi connectivity index (χ1) is 12.1. The van der Waals surface area contributed by atoms with Gasteiger partial charge in [0, 0.05) is 17.4 Å². The number of fused-ring (bicyclic) bond motifs is 2. The van der Waals surface area contributed by atoms with E-state index < -0.39 is 12.1 Å². The number of furan rings is 1. The smallest absolute Gasteiger partial charge is 0.287 e. The molecular weight excluding hydrogens is 318 g/mol. The van der Waals surface area contributed by atoms with Crippen LogP contribution in [0, 0.1) is 6.92 Å². The summed E-state index contributed by atoms with van der Waals surface area (Å²) in [5.41, 5.74) is 3.41. The molecule has 0 fully saturated rings. The van der Waals surface area contributed by atoms with E-state index in [0.29, 0.717) is 17.8 Å². The highest BCUT2D eigenvalue weighted by Gasteiger charge is 2.33. The number of methoxy groups -OCH3 is 1. The highest BCUT2D eigenvalue weighted by molar-refractivity contribution is 5.99. The summed E-state index contributed by atoms with van der Waals surface area (Å²) in [5.74, 6) is 0.650. The lowest BCUT2D eigenvalue weighted by atomic mass is 10.1. The minimum Gasteiger partial charge on any atom is -0.497 e. The maximum absolute atomic E-state index is 12.8. The van der Waals surface area contributed by atoms with E-state index in [0.717, 1.165) is 22.1 Å². The first kappa shape index (κ1) is 15.7. The normalized spacial score (nSPS) is 19.0. The second-order valence-corrected chi connectivity index (χ2v) is 6.34. The second kappa shape index (κ2) is 5.93. The zero-order valence-electron chi connectivity index (χ0n) is 14.1. The molecule has 0 spiro atoms. The lowest BCUT2D eigenvalue weighted by molar-refractivity contribution is 0.0833. The van der Waals surface area contributed by atoms with Crippen LogP contribution in [-0.2, 0) is 6.42 Å². The molecule has 0 aliphatic heterocycles. The van der Waals surface area contributed by atoms with Crippen molar-refractivity contribution in [2.24, 2.45) is 0 Å². The molecule has 0 saturated carbocycles. The van der Waals surface area contributed by atoms with Gasteiger partial charge in [0.1, 0.15) is 11.3 Å². The van der Waals surface area contributed by atoms with Gasteiger partial charge in [-0.1, -0.05) is 24.3 Å². The Balaban J connectivity index is 1.66. The Morgan fingerprint density at radius 2 is 2.08 bits per heavy atom. The monoisotopic (exact) mass is 337 g/mol. The van der Waals surface area contributed by atoms with Gasteiger partial charge >= 0.3 is 0 Å². The van der Waals surface area contributed by atoms with E-state index in [-0.39, 0.29) is 11.7 Å². The molecule has 1 aliphatic rings. The highest BCUT2D eigenvalue weighted by atomic mass is 16.5. The predicted molar refractivity (Wildman–Crippen MR) is 93.9 cm³/mol. The number of carbonyl (C=O) groups is 1. The van der Waals surface area contributed by atoms with Crippen LogP contribution in [0.1, 0.15) is 33.3 Å². The van der Waals surface area contributed by atoms with Crippen LogP contribution in [0.15, 0.2) is 46.9 Å². The van der Waals surface area contributed by atoms with Crippen molar-refractivity contribution < 1.29 is 19.1 Å². The number of hydrogen-bond acceptors (Lipinski definition) is 4. The van der Waals surface area contributed by atoms with Gasteiger partial charge in [-0.05, 0) is 36.2 Å². The van der Waals surface area contributed by atoms with Crippen LogP contribution in [0.3, 0.4) is 0 Å². The summed E-state index contributed by atoms with van der Waals surface area (Å²) in [7, 11) is 1.60. The lowest BCUT2D eigenvalue weighted by Crippen LogP contribution is -2.33. The summed E-state index contributed by atoms with van der Waals surface area (Å²) in [5, 5.41) is 14.1. The fourth-order valence-corrected chi connectivity index (χ4v) is 3.50. The Morgan fingerprint density at radius 1 is 1.28 bits per heavy atom. The van der Waals surface area contributed by atoms with Gasteiger partial charge < -0.3 is 19.6 Å². The number of aliphatic hydroxyl groups excluding tert-OH is 1. The molecule has 1 heterocycles. The number of hydrogen-bond donors (Lipinski definition) is 2. The quantitative estimate of drug-likeness (QED) is 0.770. The molecular formula is C20H19NO4. The van der Waals surface area contributed by atoms with Crippen molar-refractivity contribution in [2.45, 2.75) is 25.5 Å². The van der Waals surface area contributed by atoms with Crippen LogP contribution >= 0.6 is 0 Å². The summed E-state index contributed by atoms with van der Waals surface area (Å²) < 4.78 is 11.0. The predicted octanol–water partition coefficient (Wildman–Crippen LogP) is 3.14. The molecule has 1 aliphatic carbocycles. The van der Waals surface area contributed by atoms with Gasteiger partial charge in [-0.2, -0.15) is 0 Å². The third kappa shape index (κ3) is 2.57. The Bertz CT molecular complexity index is 959. The van der Waals surface area contributed by atoms with Crippen molar-refractivity contribution in [3.63, 3.8) is 0 Å². The van der Waals surface area contributed by atoms with Gasteiger partial charge in [0.25, 0.3) is 5.91 Å². The van der Waals surface area contributed by atoms with Crippen LogP contribution in [-0.4, -0.2) is 24.2 Å². The molecule has 2 unspecified atom stereocenters. The van der Waals surface area contributed by atoms with Crippen molar-refractivity contribution >= 4 is 16.9 Å². The third-order valence-electron chi connectivity index (χ3n) is 4.84. The van der Waals surface area contributed by atoms with E-state index in [1.54, 1.807) is 19.2 Å². The van der Waals surface area contributed by atoms with Crippen molar-refractivity contribution in [3.05, 3.63) is 64.9 Å². The second-order valence-electron chi connectivity index (χ2n) is 6.34. The topological polar surface area (TPSA) is 71.7 Å². The van der Waals surface area contributed by atoms with E-state index >= 15 is 0 Å². The molecule has 0 saturated heterocycles. The molecule has 4 rings (SSSR count). The van der Waals surface area contributed by atoms with Crippen LogP contribution in [0.25, 0.3) is 11.0 Å². The molecule has 0 bridgehead atoms. The van der Waals surface area contributed by atoms with E-state index in [4.69, 9.17) is 9.15 Å². The molecule has 2 N–H and O–H groups in total. The van der Waals surface area contributed by atoms with Gasteiger partial charge in [0.05, 0.1) is 19.3 Å². The Kier molecular flexibility index (Phi) is 3.73. The molecule has 1 aromatic heterocycles. The van der Waals surface area contributed by atoms with Crippen molar-refractivity contribution in [1.29, 1.82) is 0 Å². The molecule has 25 heavy (non-hydrogen) atoms. The molecule has 2 atom stereocenters. The fraction of sp³-hybridized carbons (Fsp3) is 0.250. The van der Waals surface area contributed by atoms with E-state index in [9.17, 15) is 9.90 Å². The highest BCUT2D eigenvalue weighted by Crippen LogP contribution is 2.33. The SMILES string of the molecule is COc1ccc2oc(C(=O)NC3c4ccccc4CC3O)c(C)c2c1. The first-order valence-electron chi connectivity index (χ1n) is 8.22. The molecule has 1 amide bonds. The van der Waals surface area contributed by atoms with Gasteiger partial charge in [0.15, 0.2) is 5.76 Å². The van der Waals surface area contributed by atoms with E-state index in [1.807, 2.05) is 37.3 Å². The maximum atomic E-state index is 12.8. The standard InChI is InChI=1S/C20H19NO4/c1-11-15-10-13(24-2)7-8-17(15)25-19(11)20(23)21-18-14-6-4-3-5-12(14)9-16(18)22/h3-8,10,16,18,22H,9H2,1-2H3,(H,21,23). The largest absolute Gasteiger partial charge is 0.497 e. The molecule has 5 heteroatoms. The Morgan fingerprint density at radius 3 is 2.88 bits per heavy atom. The molecule has 128 valence electrons. The molecule has 0 radical (unpaired) electrons. The van der Waals surface area contributed by atoms with Crippen molar-refractivity contribution in [1.82, 2.24) is 5.32 Å². The van der Waals surface area contributed by atoms with Gasteiger partial charge in [-0.15, -0.1) is 0 Å². The number of carbonyl (C=O) groups excluding carboxylic acids is 1. The Hall–Kier alpha value is -2.79. The average molecular weight is 337 g/mol. The Labute approximate surface area is 145 Å². The summed E-state index contributed by atoms with van der Waals surface area (Å²) in [6, 6.07) is 12.8. The number of ether oxygens (including phenoxy) is 1. The minimum absolute atomic E-state index is 0.264. The summed E-state index contributed by atoms with van der Waals surface area (Å²) in [4.78, 5) is 12.8. The van der Waals surface area contributed by atoms with Crippen LogP contribution in [0.2, 0.25) is 0 Å².